The molecule has 0 spiro atoms. The van der Waals surface area contributed by atoms with Crippen molar-refractivity contribution >= 4 is 0 Å². The van der Waals surface area contributed by atoms with E-state index in [2.05, 4.69) is 5.32 Å². The van der Waals surface area contributed by atoms with Crippen LogP contribution in [-0.2, 0) is 4.74 Å². The number of ether oxygens (including phenoxy) is 1. The van der Waals surface area contributed by atoms with Gasteiger partial charge in [0.25, 0.3) is 0 Å². The molecule has 1 saturated carbocycles. The van der Waals surface area contributed by atoms with Gasteiger partial charge >= 0.3 is 0 Å². The summed E-state index contributed by atoms with van der Waals surface area (Å²) < 4.78 is 33.3. The van der Waals surface area contributed by atoms with Gasteiger partial charge in [0.1, 0.15) is 0 Å². The largest absolute Gasteiger partial charge is 0.377 e. The summed E-state index contributed by atoms with van der Waals surface area (Å²) in [6, 6.07) is 4.87. The molecule has 128 valence electrons. The zero-order chi connectivity index (χ0) is 16.2. The van der Waals surface area contributed by atoms with Crippen LogP contribution < -0.4 is 11.1 Å². The number of piperidine rings is 1. The molecule has 0 aromatic heterocycles. The fourth-order valence-electron chi connectivity index (χ4n) is 3.78. The Kier molecular flexibility index (Phi) is 5.62. The molecular weight excluding hydrogens is 298 g/mol. The van der Waals surface area contributed by atoms with Crippen LogP contribution in [0.4, 0.5) is 8.78 Å². The lowest BCUT2D eigenvalue weighted by atomic mass is 9.82. The Morgan fingerprint density at radius 3 is 2.65 bits per heavy atom. The van der Waals surface area contributed by atoms with E-state index in [1.807, 2.05) is 0 Å². The van der Waals surface area contributed by atoms with Crippen molar-refractivity contribution in [2.24, 2.45) is 5.73 Å². The minimum absolute atomic E-state index is 0.0978. The molecule has 2 aliphatic rings. The standard InChI is InChI=1S/C18H26F2N2O/c19-15-4-1-3-14(18(15)20)12-6-8-13(9-7-12)23-11-17-16(21)5-2-10-22-17/h1,3-4,12-13,16-17,22H,2,5-11,21H2/t12?,13?,16?,17-/m0/s1. The zero-order valence-corrected chi connectivity index (χ0v) is 13.4. The molecule has 1 aliphatic heterocycles. The van der Waals surface area contributed by atoms with E-state index in [0.29, 0.717) is 12.2 Å². The van der Waals surface area contributed by atoms with Crippen LogP contribution in [0.5, 0.6) is 0 Å². The van der Waals surface area contributed by atoms with E-state index in [9.17, 15) is 8.78 Å². The third-order valence-corrected chi connectivity index (χ3v) is 5.24. The van der Waals surface area contributed by atoms with Gasteiger partial charge in [-0.3, -0.25) is 0 Å². The van der Waals surface area contributed by atoms with E-state index < -0.39 is 11.6 Å². The number of nitrogens with two attached hydrogens (primary N) is 1. The number of halogens is 2. The van der Waals surface area contributed by atoms with Gasteiger partial charge in [-0.25, -0.2) is 8.78 Å². The molecule has 5 heteroatoms. The topological polar surface area (TPSA) is 47.3 Å². The summed E-state index contributed by atoms with van der Waals surface area (Å²) in [5, 5.41) is 3.42. The molecule has 0 amide bonds. The van der Waals surface area contributed by atoms with Crippen molar-refractivity contribution < 1.29 is 13.5 Å². The zero-order valence-electron chi connectivity index (χ0n) is 13.4. The summed E-state index contributed by atoms with van der Waals surface area (Å²) >= 11 is 0. The van der Waals surface area contributed by atoms with Crippen LogP contribution in [-0.4, -0.2) is 31.3 Å². The molecule has 3 rings (SSSR count). The number of benzene rings is 1. The van der Waals surface area contributed by atoms with Crippen molar-refractivity contribution in [2.75, 3.05) is 13.2 Å². The third kappa shape index (κ3) is 4.08. The maximum atomic E-state index is 13.9. The first kappa shape index (κ1) is 16.8. The van der Waals surface area contributed by atoms with Crippen LogP contribution in [0.25, 0.3) is 0 Å². The lowest BCUT2D eigenvalue weighted by Crippen LogP contribution is -2.52. The summed E-state index contributed by atoms with van der Waals surface area (Å²) in [6.45, 7) is 1.65. The highest BCUT2D eigenvalue weighted by Gasteiger charge is 2.27. The first-order chi connectivity index (χ1) is 11.1. The second kappa shape index (κ2) is 7.69. The predicted octanol–water partition coefficient (Wildman–Crippen LogP) is 3.09. The Bertz CT molecular complexity index is 518. The second-order valence-electron chi connectivity index (χ2n) is 6.82. The van der Waals surface area contributed by atoms with Crippen molar-refractivity contribution in [1.82, 2.24) is 5.32 Å². The van der Waals surface area contributed by atoms with Crippen LogP contribution in [0.15, 0.2) is 18.2 Å². The number of rotatable bonds is 4. The third-order valence-electron chi connectivity index (χ3n) is 5.24. The van der Waals surface area contributed by atoms with Gasteiger partial charge in [0.15, 0.2) is 11.6 Å². The number of hydrogen-bond acceptors (Lipinski definition) is 3. The first-order valence-electron chi connectivity index (χ1n) is 8.69. The van der Waals surface area contributed by atoms with Crippen molar-refractivity contribution in [3.05, 3.63) is 35.4 Å². The molecule has 0 radical (unpaired) electrons. The van der Waals surface area contributed by atoms with Crippen LogP contribution in [0.2, 0.25) is 0 Å². The molecule has 3 N–H and O–H groups in total. The molecule has 2 atom stereocenters. The Morgan fingerprint density at radius 2 is 1.91 bits per heavy atom. The normalized spacial score (nSPS) is 32.0. The molecule has 3 nitrogen and oxygen atoms in total. The summed E-state index contributed by atoms with van der Waals surface area (Å²) in [5.41, 5.74) is 6.62. The fourth-order valence-corrected chi connectivity index (χ4v) is 3.78. The summed E-state index contributed by atoms with van der Waals surface area (Å²) in [5.74, 6) is -1.34. The van der Waals surface area contributed by atoms with Gasteiger partial charge in [0, 0.05) is 12.1 Å². The molecule has 1 aromatic carbocycles. The van der Waals surface area contributed by atoms with E-state index in [1.54, 1.807) is 12.1 Å². The average molecular weight is 324 g/mol. The Balaban J connectivity index is 1.47. The van der Waals surface area contributed by atoms with E-state index in [1.165, 1.54) is 6.07 Å². The lowest BCUT2D eigenvalue weighted by molar-refractivity contribution is 0.00600. The molecule has 1 unspecified atom stereocenters. The van der Waals surface area contributed by atoms with Crippen LogP contribution in [0.3, 0.4) is 0 Å². The van der Waals surface area contributed by atoms with Gasteiger partial charge in [-0.1, -0.05) is 12.1 Å². The molecule has 1 heterocycles. The maximum Gasteiger partial charge on any atom is 0.162 e. The number of hydrogen-bond donors (Lipinski definition) is 2. The van der Waals surface area contributed by atoms with Crippen LogP contribution >= 0.6 is 0 Å². The smallest absolute Gasteiger partial charge is 0.162 e. The highest BCUT2D eigenvalue weighted by atomic mass is 19.2. The molecular formula is C18H26F2N2O. The SMILES string of the molecule is NC1CCCN[C@H]1COC1CCC(c2cccc(F)c2F)CC1. The van der Waals surface area contributed by atoms with Crippen molar-refractivity contribution in [3.63, 3.8) is 0 Å². The lowest BCUT2D eigenvalue weighted by Gasteiger charge is -2.33. The van der Waals surface area contributed by atoms with Gasteiger partial charge < -0.3 is 15.8 Å². The molecule has 1 aliphatic carbocycles. The van der Waals surface area contributed by atoms with E-state index >= 15 is 0 Å². The van der Waals surface area contributed by atoms with E-state index in [-0.39, 0.29) is 24.1 Å². The summed E-state index contributed by atoms with van der Waals surface area (Å²) in [6.07, 6.45) is 5.85. The van der Waals surface area contributed by atoms with E-state index in [4.69, 9.17) is 10.5 Å². The Labute approximate surface area is 136 Å². The average Bonchev–Trinajstić information content (AvgIpc) is 2.57. The summed E-state index contributed by atoms with van der Waals surface area (Å²) in [4.78, 5) is 0. The maximum absolute atomic E-state index is 13.9. The quantitative estimate of drug-likeness (QED) is 0.895. The Hall–Kier alpha value is -1.04. The minimum atomic E-state index is -0.752. The van der Waals surface area contributed by atoms with Gasteiger partial charge in [-0.15, -0.1) is 0 Å². The molecule has 1 saturated heterocycles. The van der Waals surface area contributed by atoms with Gasteiger partial charge in [0.2, 0.25) is 0 Å². The van der Waals surface area contributed by atoms with Gasteiger partial charge in [-0.2, -0.15) is 0 Å². The van der Waals surface area contributed by atoms with E-state index in [0.717, 1.165) is 45.1 Å². The van der Waals surface area contributed by atoms with Crippen molar-refractivity contribution in [2.45, 2.75) is 62.6 Å². The number of nitrogens with one attached hydrogen (secondary N) is 1. The van der Waals surface area contributed by atoms with Crippen molar-refractivity contribution in [3.8, 4) is 0 Å². The minimum Gasteiger partial charge on any atom is -0.377 e. The fraction of sp³-hybridized carbons (Fsp3) is 0.667. The summed E-state index contributed by atoms with van der Waals surface area (Å²) in [7, 11) is 0. The van der Waals surface area contributed by atoms with Crippen LogP contribution in [0, 0.1) is 11.6 Å². The first-order valence-corrected chi connectivity index (χ1v) is 8.69. The monoisotopic (exact) mass is 324 g/mol. The molecule has 0 bridgehead atoms. The van der Waals surface area contributed by atoms with Gasteiger partial charge in [0.05, 0.1) is 12.7 Å². The molecule has 1 aromatic rings. The molecule has 23 heavy (non-hydrogen) atoms. The van der Waals surface area contributed by atoms with Crippen LogP contribution in [0.1, 0.15) is 50.0 Å². The predicted molar refractivity (Wildman–Crippen MR) is 86.3 cm³/mol. The van der Waals surface area contributed by atoms with Crippen molar-refractivity contribution in [1.29, 1.82) is 0 Å². The molecule has 2 fully saturated rings. The van der Waals surface area contributed by atoms with Gasteiger partial charge in [-0.05, 0) is 62.6 Å². The Morgan fingerprint density at radius 1 is 1.13 bits per heavy atom. The highest BCUT2D eigenvalue weighted by molar-refractivity contribution is 5.23. The highest BCUT2D eigenvalue weighted by Crippen LogP contribution is 2.35. The second-order valence-corrected chi connectivity index (χ2v) is 6.82.